The summed E-state index contributed by atoms with van der Waals surface area (Å²) in [7, 11) is -0.760. The van der Waals surface area contributed by atoms with Gasteiger partial charge in [0.1, 0.15) is 5.65 Å². The van der Waals surface area contributed by atoms with Gasteiger partial charge in [-0.15, -0.1) is 0 Å². The van der Waals surface area contributed by atoms with E-state index in [-0.39, 0.29) is 5.56 Å². The summed E-state index contributed by atoms with van der Waals surface area (Å²) in [5.74, 6) is 1.31. The van der Waals surface area contributed by atoms with Crippen molar-refractivity contribution in [3.63, 3.8) is 0 Å². The predicted octanol–water partition coefficient (Wildman–Crippen LogP) is 0.553. The lowest BCUT2D eigenvalue weighted by molar-refractivity contribution is 0.671. The van der Waals surface area contributed by atoms with Crippen LogP contribution in [0.5, 0.6) is 0 Å². The Morgan fingerprint density at radius 1 is 1.42 bits per heavy atom. The maximum Gasteiger partial charge on any atom is 0.258 e. The van der Waals surface area contributed by atoms with Crippen molar-refractivity contribution in [3.8, 4) is 0 Å². The minimum absolute atomic E-state index is 0.0838. The molecular formula is C13H17N3O2S. The fraction of sp³-hybridized carbons (Fsp3) is 0.385. The van der Waals surface area contributed by atoms with E-state index in [9.17, 15) is 9.00 Å². The van der Waals surface area contributed by atoms with Gasteiger partial charge in [-0.05, 0) is 12.1 Å². The fourth-order valence-electron chi connectivity index (χ4n) is 1.74. The van der Waals surface area contributed by atoms with E-state index in [1.54, 1.807) is 18.3 Å². The zero-order chi connectivity index (χ0) is 13.7. The van der Waals surface area contributed by atoms with Gasteiger partial charge in [-0.1, -0.05) is 13.0 Å². The first-order valence-electron chi connectivity index (χ1n) is 6.23. The lowest BCUT2D eigenvalue weighted by Gasteiger charge is -2.05. The number of pyridine rings is 1. The third-order valence-electron chi connectivity index (χ3n) is 2.76. The van der Waals surface area contributed by atoms with Gasteiger partial charge in [0.2, 0.25) is 0 Å². The fourth-order valence-corrected chi connectivity index (χ4v) is 2.40. The van der Waals surface area contributed by atoms with Crippen LogP contribution in [0.2, 0.25) is 0 Å². The molecule has 0 radical (unpaired) electrons. The van der Waals surface area contributed by atoms with Gasteiger partial charge in [-0.2, -0.15) is 0 Å². The van der Waals surface area contributed by atoms with E-state index in [0.717, 1.165) is 0 Å². The van der Waals surface area contributed by atoms with Crippen molar-refractivity contribution in [2.24, 2.45) is 0 Å². The lowest BCUT2D eigenvalue weighted by atomic mass is 10.3. The van der Waals surface area contributed by atoms with Crippen molar-refractivity contribution < 1.29 is 4.21 Å². The van der Waals surface area contributed by atoms with Gasteiger partial charge in [-0.3, -0.25) is 13.4 Å². The minimum Gasteiger partial charge on any atom is -0.310 e. The Balaban J connectivity index is 2.02. The smallest absolute Gasteiger partial charge is 0.258 e. The van der Waals surface area contributed by atoms with Crippen LogP contribution in [-0.2, 0) is 17.3 Å². The largest absolute Gasteiger partial charge is 0.310 e. The number of hydrogen-bond acceptors (Lipinski definition) is 4. The second-order valence-corrected chi connectivity index (χ2v) is 5.99. The Morgan fingerprint density at radius 3 is 3.05 bits per heavy atom. The highest BCUT2D eigenvalue weighted by Crippen LogP contribution is 1.98. The molecule has 0 aromatic carbocycles. The maximum absolute atomic E-state index is 11.8. The van der Waals surface area contributed by atoms with Gasteiger partial charge in [0.25, 0.3) is 5.56 Å². The minimum atomic E-state index is -0.760. The number of hydrogen-bond donors (Lipinski definition) is 1. The summed E-state index contributed by atoms with van der Waals surface area (Å²) in [4.78, 5) is 16.2. The van der Waals surface area contributed by atoms with Gasteiger partial charge in [-0.25, -0.2) is 4.98 Å². The van der Waals surface area contributed by atoms with Crippen LogP contribution in [0.15, 0.2) is 35.3 Å². The number of fused-ring (bicyclic) bond motifs is 1. The molecular weight excluding hydrogens is 262 g/mol. The van der Waals surface area contributed by atoms with E-state index in [1.807, 2.05) is 13.0 Å². The molecule has 2 rings (SSSR count). The van der Waals surface area contributed by atoms with Crippen LogP contribution in [-0.4, -0.2) is 31.6 Å². The molecule has 1 atom stereocenters. The third kappa shape index (κ3) is 3.71. The van der Waals surface area contributed by atoms with Crippen LogP contribution in [0.1, 0.15) is 12.6 Å². The topological polar surface area (TPSA) is 63.5 Å². The molecule has 2 aromatic rings. The molecule has 0 fully saturated rings. The SMILES string of the molecule is CCS(=O)CCNCc1cc(=O)n2ccccc2n1. The molecule has 5 nitrogen and oxygen atoms in total. The molecule has 0 saturated carbocycles. The number of aromatic nitrogens is 2. The highest BCUT2D eigenvalue weighted by molar-refractivity contribution is 7.84. The van der Waals surface area contributed by atoms with Crippen molar-refractivity contribution in [1.82, 2.24) is 14.7 Å². The molecule has 0 spiro atoms. The average molecular weight is 279 g/mol. The normalized spacial score (nSPS) is 12.7. The van der Waals surface area contributed by atoms with Crippen molar-refractivity contribution >= 4 is 16.4 Å². The van der Waals surface area contributed by atoms with Gasteiger partial charge in [0, 0.05) is 47.7 Å². The highest BCUT2D eigenvalue weighted by Gasteiger charge is 2.01. The standard InChI is InChI=1S/C13H17N3O2S/c1-2-19(18)8-6-14-10-11-9-13(17)16-7-4-3-5-12(16)15-11/h3-5,7,9,14H,2,6,8,10H2,1H3. The van der Waals surface area contributed by atoms with E-state index in [1.165, 1.54) is 10.5 Å². The molecule has 2 aromatic heterocycles. The molecule has 102 valence electrons. The summed E-state index contributed by atoms with van der Waals surface area (Å²) >= 11 is 0. The summed E-state index contributed by atoms with van der Waals surface area (Å²) in [6.07, 6.45) is 1.70. The maximum atomic E-state index is 11.8. The average Bonchev–Trinajstić information content (AvgIpc) is 2.43. The van der Waals surface area contributed by atoms with Crippen LogP contribution < -0.4 is 10.9 Å². The first-order chi connectivity index (χ1) is 9.20. The van der Waals surface area contributed by atoms with Gasteiger partial charge < -0.3 is 5.32 Å². The highest BCUT2D eigenvalue weighted by atomic mass is 32.2. The Kier molecular flexibility index (Phi) is 4.81. The van der Waals surface area contributed by atoms with E-state index in [4.69, 9.17) is 0 Å². The first kappa shape index (κ1) is 13.9. The number of rotatable bonds is 6. The molecule has 0 aliphatic heterocycles. The molecule has 1 N–H and O–H groups in total. The van der Waals surface area contributed by atoms with Gasteiger partial charge >= 0.3 is 0 Å². The molecule has 0 bridgehead atoms. The van der Waals surface area contributed by atoms with Crippen molar-refractivity contribution in [3.05, 3.63) is 46.5 Å². The summed E-state index contributed by atoms with van der Waals surface area (Å²) in [6, 6.07) is 6.98. The second kappa shape index (κ2) is 6.58. The summed E-state index contributed by atoms with van der Waals surface area (Å²) in [6.45, 7) is 3.08. The number of nitrogens with one attached hydrogen (secondary N) is 1. The van der Waals surface area contributed by atoms with Gasteiger partial charge in [0.05, 0.1) is 5.69 Å². The van der Waals surface area contributed by atoms with Crippen LogP contribution >= 0.6 is 0 Å². The molecule has 0 aliphatic carbocycles. The molecule has 0 aliphatic rings. The first-order valence-corrected chi connectivity index (χ1v) is 7.72. The zero-order valence-corrected chi connectivity index (χ0v) is 11.7. The summed E-state index contributed by atoms with van der Waals surface area (Å²) in [5, 5.41) is 3.16. The Morgan fingerprint density at radius 2 is 2.26 bits per heavy atom. The molecule has 2 heterocycles. The predicted molar refractivity (Wildman–Crippen MR) is 76.7 cm³/mol. The van der Waals surface area contributed by atoms with Crippen molar-refractivity contribution in [2.75, 3.05) is 18.1 Å². The Hall–Kier alpha value is -1.53. The molecule has 19 heavy (non-hydrogen) atoms. The molecule has 6 heteroatoms. The molecule has 1 unspecified atom stereocenters. The monoisotopic (exact) mass is 279 g/mol. The quantitative estimate of drug-likeness (QED) is 0.785. The van der Waals surface area contributed by atoms with E-state index in [0.29, 0.717) is 35.9 Å². The van der Waals surface area contributed by atoms with E-state index < -0.39 is 10.8 Å². The van der Waals surface area contributed by atoms with Crippen LogP contribution in [0, 0.1) is 0 Å². The lowest BCUT2D eigenvalue weighted by Crippen LogP contribution is -2.23. The van der Waals surface area contributed by atoms with Gasteiger partial charge in [0.15, 0.2) is 0 Å². The second-order valence-electron chi connectivity index (χ2n) is 4.12. The van der Waals surface area contributed by atoms with E-state index >= 15 is 0 Å². The van der Waals surface area contributed by atoms with Crippen molar-refractivity contribution in [2.45, 2.75) is 13.5 Å². The summed E-state index contributed by atoms with van der Waals surface area (Å²) < 4.78 is 12.8. The Labute approximate surface area is 114 Å². The molecule has 0 saturated heterocycles. The van der Waals surface area contributed by atoms with E-state index in [2.05, 4.69) is 10.3 Å². The summed E-state index contributed by atoms with van der Waals surface area (Å²) in [5.41, 5.74) is 1.27. The van der Waals surface area contributed by atoms with Crippen LogP contribution in [0.3, 0.4) is 0 Å². The number of nitrogens with zero attached hydrogens (tertiary/aromatic N) is 2. The van der Waals surface area contributed by atoms with Crippen LogP contribution in [0.4, 0.5) is 0 Å². The van der Waals surface area contributed by atoms with Crippen molar-refractivity contribution in [1.29, 1.82) is 0 Å². The van der Waals surface area contributed by atoms with Crippen LogP contribution in [0.25, 0.3) is 5.65 Å². The Bertz CT molecular complexity index is 639. The molecule has 0 amide bonds. The zero-order valence-electron chi connectivity index (χ0n) is 10.8. The third-order valence-corrected chi connectivity index (χ3v) is 4.06.